The molecular weight excluding hydrogens is 256 g/mol. The Bertz CT molecular complexity index is 453. The van der Waals surface area contributed by atoms with Gasteiger partial charge in [0.1, 0.15) is 5.75 Å². The van der Waals surface area contributed by atoms with Crippen molar-refractivity contribution in [2.45, 2.75) is 33.1 Å². The largest absolute Gasteiger partial charge is 0.473 e. The maximum absolute atomic E-state index is 11.3. The summed E-state index contributed by atoms with van der Waals surface area (Å²) in [7, 11) is 0. The van der Waals surface area contributed by atoms with Gasteiger partial charge in [-0.2, -0.15) is 0 Å². The molecule has 0 radical (unpaired) electrons. The molecule has 1 aromatic carbocycles. The molecule has 0 aromatic heterocycles. The summed E-state index contributed by atoms with van der Waals surface area (Å²) in [5.74, 6) is 0.769. The SMILES string of the molecule is Cc1ccc(OCNC(=O)NCCO)c(C(C)(C)C)c1. The standard InChI is InChI=1S/C15H24N2O3/c1-11-5-6-13(12(9-11)15(2,3)4)20-10-17-14(19)16-7-8-18/h5-6,9,18H,7-8,10H2,1-4H3,(H2,16,17,19). The van der Waals surface area contributed by atoms with E-state index in [2.05, 4.69) is 37.5 Å². The Morgan fingerprint density at radius 1 is 1.30 bits per heavy atom. The number of amides is 2. The summed E-state index contributed by atoms with van der Waals surface area (Å²) in [5, 5.41) is 13.7. The lowest BCUT2D eigenvalue weighted by Crippen LogP contribution is -2.39. The minimum absolute atomic E-state index is 0.0273. The normalized spacial score (nSPS) is 11.1. The number of aryl methyl sites for hydroxylation is 1. The van der Waals surface area contributed by atoms with Gasteiger partial charge >= 0.3 is 6.03 Å². The van der Waals surface area contributed by atoms with E-state index in [9.17, 15) is 4.79 Å². The summed E-state index contributed by atoms with van der Waals surface area (Å²) < 4.78 is 5.63. The molecule has 0 unspecified atom stereocenters. The van der Waals surface area contributed by atoms with E-state index in [0.717, 1.165) is 11.3 Å². The third-order valence-corrected chi connectivity index (χ3v) is 2.80. The van der Waals surface area contributed by atoms with Crippen LogP contribution in [0.2, 0.25) is 0 Å². The zero-order valence-corrected chi connectivity index (χ0v) is 12.6. The molecule has 0 saturated carbocycles. The van der Waals surface area contributed by atoms with Crippen molar-refractivity contribution in [2.75, 3.05) is 19.9 Å². The maximum Gasteiger partial charge on any atom is 0.317 e. The fourth-order valence-electron chi connectivity index (χ4n) is 1.77. The van der Waals surface area contributed by atoms with Gasteiger partial charge in [0, 0.05) is 6.54 Å². The van der Waals surface area contributed by atoms with Crippen LogP contribution < -0.4 is 15.4 Å². The minimum atomic E-state index is -0.358. The quantitative estimate of drug-likeness (QED) is 0.722. The van der Waals surface area contributed by atoms with Crippen LogP contribution in [0.15, 0.2) is 18.2 Å². The summed E-state index contributed by atoms with van der Waals surface area (Å²) in [6.07, 6.45) is 0. The lowest BCUT2D eigenvalue weighted by atomic mass is 9.85. The van der Waals surface area contributed by atoms with Crippen LogP contribution in [0.3, 0.4) is 0 Å². The topological polar surface area (TPSA) is 70.6 Å². The van der Waals surface area contributed by atoms with Gasteiger partial charge in [0.05, 0.1) is 6.61 Å². The molecule has 0 saturated heterocycles. The Kier molecular flexibility index (Phi) is 5.82. The molecule has 0 bridgehead atoms. The van der Waals surface area contributed by atoms with Gasteiger partial charge in [-0.3, -0.25) is 0 Å². The van der Waals surface area contributed by atoms with Crippen LogP contribution >= 0.6 is 0 Å². The number of urea groups is 1. The minimum Gasteiger partial charge on any atom is -0.473 e. The summed E-state index contributed by atoms with van der Waals surface area (Å²) in [6.45, 7) is 8.63. The van der Waals surface area contributed by atoms with Gasteiger partial charge in [-0.1, -0.05) is 38.5 Å². The molecule has 5 nitrogen and oxygen atoms in total. The average Bonchev–Trinajstić information content (AvgIpc) is 2.37. The van der Waals surface area contributed by atoms with E-state index in [0.29, 0.717) is 0 Å². The van der Waals surface area contributed by atoms with Crippen molar-refractivity contribution >= 4 is 6.03 Å². The number of carbonyl (C=O) groups excluding carboxylic acids is 1. The highest BCUT2D eigenvalue weighted by atomic mass is 16.5. The van der Waals surface area contributed by atoms with Crippen LogP contribution in [0.25, 0.3) is 0 Å². The van der Waals surface area contributed by atoms with Crippen molar-refractivity contribution in [3.63, 3.8) is 0 Å². The fraction of sp³-hybridized carbons (Fsp3) is 0.533. The highest BCUT2D eigenvalue weighted by Crippen LogP contribution is 2.31. The van der Waals surface area contributed by atoms with Crippen LogP contribution in [0.4, 0.5) is 4.79 Å². The van der Waals surface area contributed by atoms with Crippen molar-refractivity contribution in [1.29, 1.82) is 0 Å². The smallest absolute Gasteiger partial charge is 0.317 e. The molecule has 0 heterocycles. The zero-order chi connectivity index (χ0) is 15.2. The molecule has 112 valence electrons. The monoisotopic (exact) mass is 280 g/mol. The van der Waals surface area contributed by atoms with Gasteiger partial charge in [-0.15, -0.1) is 0 Å². The highest BCUT2D eigenvalue weighted by molar-refractivity contribution is 5.73. The van der Waals surface area contributed by atoms with Crippen LogP contribution in [-0.4, -0.2) is 31.0 Å². The number of benzene rings is 1. The van der Waals surface area contributed by atoms with Crippen LogP contribution in [0, 0.1) is 6.92 Å². The van der Waals surface area contributed by atoms with E-state index in [1.54, 1.807) is 0 Å². The van der Waals surface area contributed by atoms with E-state index < -0.39 is 0 Å². The van der Waals surface area contributed by atoms with E-state index in [1.807, 2.05) is 19.1 Å². The summed E-state index contributed by atoms with van der Waals surface area (Å²) in [4.78, 5) is 11.3. The number of aliphatic hydroxyl groups excluding tert-OH is 1. The molecule has 0 aliphatic rings. The van der Waals surface area contributed by atoms with Crippen LogP contribution in [0.5, 0.6) is 5.75 Å². The number of aliphatic hydroxyl groups is 1. The Morgan fingerprint density at radius 2 is 2.00 bits per heavy atom. The van der Waals surface area contributed by atoms with Crippen molar-refractivity contribution in [1.82, 2.24) is 10.6 Å². The number of carbonyl (C=O) groups is 1. The predicted octanol–water partition coefficient (Wildman–Crippen LogP) is 1.92. The first-order valence-corrected chi connectivity index (χ1v) is 6.71. The lowest BCUT2D eigenvalue weighted by Gasteiger charge is -2.23. The fourth-order valence-corrected chi connectivity index (χ4v) is 1.77. The Morgan fingerprint density at radius 3 is 2.60 bits per heavy atom. The maximum atomic E-state index is 11.3. The first kappa shape index (κ1) is 16.3. The third-order valence-electron chi connectivity index (χ3n) is 2.80. The molecule has 20 heavy (non-hydrogen) atoms. The van der Waals surface area contributed by atoms with E-state index in [4.69, 9.17) is 9.84 Å². The average molecular weight is 280 g/mol. The molecule has 5 heteroatoms. The second-order valence-electron chi connectivity index (χ2n) is 5.69. The van der Waals surface area contributed by atoms with Crippen molar-refractivity contribution < 1.29 is 14.6 Å². The first-order valence-electron chi connectivity index (χ1n) is 6.71. The van der Waals surface area contributed by atoms with Gasteiger partial charge < -0.3 is 20.5 Å². The second kappa shape index (κ2) is 7.14. The van der Waals surface area contributed by atoms with Gasteiger partial charge in [-0.05, 0) is 24.0 Å². The Hall–Kier alpha value is -1.75. The molecule has 0 aliphatic heterocycles. The van der Waals surface area contributed by atoms with Crippen LogP contribution in [-0.2, 0) is 5.41 Å². The number of rotatable bonds is 5. The van der Waals surface area contributed by atoms with Gasteiger partial charge in [0.25, 0.3) is 0 Å². The molecule has 0 fully saturated rings. The van der Waals surface area contributed by atoms with Gasteiger partial charge in [0.15, 0.2) is 6.73 Å². The molecule has 2 amide bonds. The molecule has 0 atom stereocenters. The lowest BCUT2D eigenvalue weighted by molar-refractivity contribution is 0.218. The summed E-state index contributed by atoms with van der Waals surface area (Å²) in [6, 6.07) is 5.64. The zero-order valence-electron chi connectivity index (χ0n) is 12.6. The van der Waals surface area contributed by atoms with Gasteiger partial charge in [-0.25, -0.2) is 4.79 Å². The third kappa shape index (κ3) is 5.09. The van der Waals surface area contributed by atoms with E-state index >= 15 is 0 Å². The molecule has 1 aromatic rings. The van der Waals surface area contributed by atoms with Crippen molar-refractivity contribution in [2.24, 2.45) is 0 Å². The van der Waals surface area contributed by atoms with E-state index in [-0.39, 0.29) is 31.3 Å². The number of nitrogens with one attached hydrogen (secondary N) is 2. The molecule has 0 spiro atoms. The summed E-state index contributed by atoms with van der Waals surface area (Å²) in [5.41, 5.74) is 2.26. The van der Waals surface area contributed by atoms with Crippen molar-refractivity contribution in [3.05, 3.63) is 29.3 Å². The predicted molar refractivity (Wildman–Crippen MR) is 79.0 cm³/mol. The first-order chi connectivity index (χ1) is 9.34. The number of ether oxygens (including phenoxy) is 1. The molecule has 3 N–H and O–H groups in total. The number of hydrogen-bond donors (Lipinski definition) is 3. The highest BCUT2D eigenvalue weighted by Gasteiger charge is 2.19. The van der Waals surface area contributed by atoms with Gasteiger partial charge in [0.2, 0.25) is 0 Å². The molecule has 1 rings (SSSR count). The second-order valence-corrected chi connectivity index (χ2v) is 5.69. The Labute approximate surface area is 120 Å². The van der Waals surface area contributed by atoms with E-state index in [1.165, 1.54) is 5.56 Å². The summed E-state index contributed by atoms with van der Waals surface area (Å²) >= 11 is 0. The Balaban J connectivity index is 2.62. The number of hydrogen-bond acceptors (Lipinski definition) is 3. The molecular formula is C15H24N2O3. The van der Waals surface area contributed by atoms with Crippen LogP contribution in [0.1, 0.15) is 31.9 Å². The van der Waals surface area contributed by atoms with Crippen molar-refractivity contribution in [3.8, 4) is 5.75 Å². The molecule has 0 aliphatic carbocycles.